The summed E-state index contributed by atoms with van der Waals surface area (Å²) in [5.74, 6) is -0.917. The van der Waals surface area contributed by atoms with E-state index in [1.165, 1.54) is 41.3 Å². The first kappa shape index (κ1) is 14.5. The van der Waals surface area contributed by atoms with Crippen molar-refractivity contribution in [3.63, 3.8) is 0 Å². The normalized spacial score (nSPS) is 17.7. The molecule has 0 unspecified atom stereocenters. The maximum Gasteiger partial charge on any atom is 0.414 e. The molecule has 2 aromatic rings. The van der Waals surface area contributed by atoms with Gasteiger partial charge in [0.05, 0.1) is 18.8 Å². The quantitative estimate of drug-likeness (QED) is 0.948. The molecule has 0 spiro atoms. The fraction of sp³-hybridized carbons (Fsp3) is 0.188. The van der Waals surface area contributed by atoms with Gasteiger partial charge in [-0.1, -0.05) is 12.1 Å². The van der Waals surface area contributed by atoms with Crippen molar-refractivity contribution in [2.45, 2.75) is 6.10 Å². The maximum absolute atomic E-state index is 14.3. The van der Waals surface area contributed by atoms with Crippen molar-refractivity contribution in [1.82, 2.24) is 0 Å². The molecule has 1 N–H and O–H groups in total. The third kappa shape index (κ3) is 2.65. The lowest BCUT2D eigenvalue weighted by molar-refractivity contribution is 0.0963. The van der Waals surface area contributed by atoms with Crippen LogP contribution in [-0.4, -0.2) is 30.5 Å². The molecule has 0 saturated carbocycles. The van der Waals surface area contributed by atoms with Gasteiger partial charge in [0.2, 0.25) is 0 Å². The number of carbonyl (C=O) groups is 1. The Balaban J connectivity index is 1.89. The Morgan fingerprint density at radius 2 is 1.91 bits per heavy atom. The van der Waals surface area contributed by atoms with Crippen LogP contribution in [0, 0.1) is 11.6 Å². The second kappa shape index (κ2) is 5.73. The molecule has 0 bridgehead atoms. The van der Waals surface area contributed by atoms with E-state index in [1.54, 1.807) is 6.07 Å². The molecule has 1 amide bonds. The lowest BCUT2D eigenvalue weighted by Gasteiger charge is -2.14. The molecule has 0 aromatic heterocycles. The van der Waals surface area contributed by atoms with Crippen LogP contribution in [0.15, 0.2) is 42.5 Å². The number of benzene rings is 2. The predicted octanol–water partition coefficient (Wildman–Crippen LogP) is 2.95. The average Bonchev–Trinajstić information content (AvgIpc) is 2.89. The Labute approximate surface area is 125 Å². The Bertz CT molecular complexity index is 703. The van der Waals surface area contributed by atoms with Crippen molar-refractivity contribution in [2.24, 2.45) is 0 Å². The number of carbonyl (C=O) groups excluding carboxylic acids is 1. The Morgan fingerprint density at radius 1 is 1.18 bits per heavy atom. The molecular weight excluding hydrogens is 292 g/mol. The highest BCUT2D eigenvalue weighted by molar-refractivity contribution is 5.90. The molecule has 3 rings (SSSR count). The summed E-state index contributed by atoms with van der Waals surface area (Å²) in [5.41, 5.74) is 1.21. The highest BCUT2D eigenvalue weighted by atomic mass is 19.1. The van der Waals surface area contributed by atoms with Crippen LogP contribution in [0.1, 0.15) is 0 Å². The first-order valence-corrected chi connectivity index (χ1v) is 6.73. The maximum atomic E-state index is 14.3. The lowest BCUT2D eigenvalue weighted by atomic mass is 10.0. The van der Waals surface area contributed by atoms with Gasteiger partial charge < -0.3 is 9.84 Å². The number of halogens is 2. The summed E-state index contributed by atoms with van der Waals surface area (Å²) in [6, 6.07) is 9.82. The zero-order valence-corrected chi connectivity index (χ0v) is 11.5. The molecule has 1 atom stereocenters. The van der Waals surface area contributed by atoms with E-state index in [0.29, 0.717) is 16.8 Å². The summed E-state index contributed by atoms with van der Waals surface area (Å²) in [4.78, 5) is 12.9. The Hall–Kier alpha value is -2.47. The minimum absolute atomic E-state index is 0.171. The van der Waals surface area contributed by atoms with Gasteiger partial charge in [0.1, 0.15) is 17.7 Å². The highest BCUT2D eigenvalue weighted by Gasteiger charge is 2.32. The standard InChI is InChI=1S/C16H13F2NO3/c17-11-3-1-10(2-4-11)14-6-5-12(7-15(14)18)19-8-13(9-20)22-16(19)21/h1-7,13,20H,8-9H2/t13-/m1/s1. The second-order valence-corrected chi connectivity index (χ2v) is 4.97. The van der Waals surface area contributed by atoms with Gasteiger partial charge in [-0.2, -0.15) is 0 Å². The molecule has 0 aliphatic carbocycles. The van der Waals surface area contributed by atoms with Crippen LogP contribution in [0.25, 0.3) is 11.1 Å². The fourth-order valence-corrected chi connectivity index (χ4v) is 2.36. The molecule has 22 heavy (non-hydrogen) atoms. The number of hydrogen-bond donors (Lipinski definition) is 1. The largest absolute Gasteiger partial charge is 0.441 e. The Kier molecular flexibility index (Phi) is 3.77. The van der Waals surface area contributed by atoms with Crippen molar-refractivity contribution in [2.75, 3.05) is 18.1 Å². The van der Waals surface area contributed by atoms with Crippen molar-refractivity contribution in [3.05, 3.63) is 54.1 Å². The topological polar surface area (TPSA) is 49.8 Å². The third-order valence-electron chi connectivity index (χ3n) is 3.50. The average molecular weight is 305 g/mol. The van der Waals surface area contributed by atoms with E-state index in [2.05, 4.69) is 0 Å². The van der Waals surface area contributed by atoms with Crippen molar-refractivity contribution < 1.29 is 23.4 Å². The van der Waals surface area contributed by atoms with Crippen LogP contribution in [0.4, 0.5) is 19.3 Å². The fourth-order valence-electron chi connectivity index (χ4n) is 2.36. The van der Waals surface area contributed by atoms with E-state index in [-0.39, 0.29) is 13.2 Å². The van der Waals surface area contributed by atoms with Crippen molar-refractivity contribution in [1.29, 1.82) is 0 Å². The van der Waals surface area contributed by atoms with Crippen LogP contribution < -0.4 is 4.90 Å². The van der Waals surface area contributed by atoms with Crippen LogP contribution in [0.3, 0.4) is 0 Å². The second-order valence-electron chi connectivity index (χ2n) is 4.97. The van der Waals surface area contributed by atoms with Crippen LogP contribution >= 0.6 is 0 Å². The van der Waals surface area contributed by atoms with Crippen LogP contribution in [0.5, 0.6) is 0 Å². The summed E-state index contributed by atoms with van der Waals surface area (Å²) < 4.78 is 32.1. The summed E-state index contributed by atoms with van der Waals surface area (Å²) in [6.45, 7) is -0.108. The summed E-state index contributed by atoms with van der Waals surface area (Å²) in [5, 5.41) is 9.01. The first-order valence-electron chi connectivity index (χ1n) is 6.73. The van der Waals surface area contributed by atoms with Crippen molar-refractivity contribution in [3.8, 4) is 11.1 Å². The smallest absolute Gasteiger partial charge is 0.414 e. The van der Waals surface area contributed by atoms with Crippen LogP contribution in [-0.2, 0) is 4.74 Å². The summed E-state index contributed by atoms with van der Waals surface area (Å²) >= 11 is 0. The van der Waals surface area contributed by atoms with Gasteiger partial charge in [-0.15, -0.1) is 0 Å². The number of ether oxygens (including phenoxy) is 1. The number of nitrogens with zero attached hydrogens (tertiary/aromatic N) is 1. The summed E-state index contributed by atoms with van der Waals surface area (Å²) in [6.07, 6.45) is -1.22. The monoisotopic (exact) mass is 305 g/mol. The number of cyclic esters (lactones) is 1. The molecule has 1 saturated heterocycles. The van der Waals surface area contributed by atoms with Gasteiger partial charge in [-0.05, 0) is 35.9 Å². The van der Waals surface area contributed by atoms with E-state index in [4.69, 9.17) is 9.84 Å². The minimum Gasteiger partial charge on any atom is -0.441 e. The number of aliphatic hydroxyl groups is 1. The van der Waals surface area contributed by atoms with Gasteiger partial charge in [-0.3, -0.25) is 4.90 Å². The van der Waals surface area contributed by atoms with Gasteiger partial charge in [0.25, 0.3) is 0 Å². The zero-order chi connectivity index (χ0) is 15.7. The molecule has 1 fully saturated rings. The zero-order valence-electron chi connectivity index (χ0n) is 11.5. The van der Waals surface area contributed by atoms with Crippen LogP contribution in [0.2, 0.25) is 0 Å². The molecule has 1 aliphatic heterocycles. The van der Waals surface area contributed by atoms with Crippen molar-refractivity contribution >= 4 is 11.8 Å². The number of anilines is 1. The third-order valence-corrected chi connectivity index (χ3v) is 3.50. The molecule has 1 heterocycles. The van der Waals surface area contributed by atoms with E-state index in [9.17, 15) is 13.6 Å². The molecular formula is C16H13F2NO3. The van der Waals surface area contributed by atoms with Gasteiger partial charge in [-0.25, -0.2) is 13.6 Å². The first-order chi connectivity index (χ1) is 10.6. The number of hydrogen-bond acceptors (Lipinski definition) is 3. The van der Waals surface area contributed by atoms with Gasteiger partial charge in [0, 0.05) is 5.56 Å². The summed E-state index contributed by atoms with van der Waals surface area (Å²) in [7, 11) is 0. The molecule has 4 nitrogen and oxygen atoms in total. The molecule has 2 aromatic carbocycles. The minimum atomic E-state index is -0.618. The Morgan fingerprint density at radius 3 is 2.50 bits per heavy atom. The predicted molar refractivity (Wildman–Crippen MR) is 76.5 cm³/mol. The van der Waals surface area contributed by atoms with E-state index in [1.807, 2.05) is 0 Å². The SMILES string of the molecule is O=C1O[C@@H](CO)CN1c1ccc(-c2ccc(F)cc2)c(F)c1. The number of aliphatic hydroxyl groups excluding tert-OH is 1. The van der Waals surface area contributed by atoms with Gasteiger partial charge in [0.15, 0.2) is 0 Å². The lowest BCUT2D eigenvalue weighted by Crippen LogP contribution is -2.25. The van der Waals surface area contributed by atoms with E-state index < -0.39 is 23.8 Å². The number of rotatable bonds is 3. The highest BCUT2D eigenvalue weighted by Crippen LogP contribution is 2.29. The van der Waals surface area contributed by atoms with Gasteiger partial charge >= 0.3 is 6.09 Å². The molecule has 114 valence electrons. The van der Waals surface area contributed by atoms with E-state index >= 15 is 0 Å². The van der Waals surface area contributed by atoms with E-state index in [0.717, 1.165) is 0 Å². The number of amides is 1. The molecule has 0 radical (unpaired) electrons. The molecule has 6 heteroatoms. The molecule has 1 aliphatic rings.